The monoisotopic (exact) mass is 643 g/mol. The number of esters is 1. The van der Waals surface area contributed by atoms with E-state index in [0.717, 1.165) is 36.9 Å². The number of halogens is 1. The molecule has 256 valence electrons. The molecule has 0 aliphatic carbocycles. The summed E-state index contributed by atoms with van der Waals surface area (Å²) in [7, 11) is 0. The van der Waals surface area contributed by atoms with Crippen molar-refractivity contribution in [3.63, 3.8) is 0 Å². The number of amides is 1. The molecule has 1 fully saturated rings. The molecular formula is C36H54FN3O6. The molecule has 2 aliphatic heterocycles. The molecule has 0 spiro atoms. The molecule has 6 atom stereocenters. The quantitative estimate of drug-likeness (QED) is 0.189. The average molecular weight is 644 g/mol. The fourth-order valence-electron chi connectivity index (χ4n) is 6.15. The van der Waals surface area contributed by atoms with E-state index in [4.69, 9.17) is 9.47 Å². The Kier molecular flexibility index (Phi) is 14.9. The van der Waals surface area contributed by atoms with Gasteiger partial charge in [0.25, 0.3) is 0 Å². The van der Waals surface area contributed by atoms with Gasteiger partial charge in [-0.2, -0.15) is 0 Å². The van der Waals surface area contributed by atoms with Crippen molar-refractivity contribution in [2.45, 2.75) is 109 Å². The van der Waals surface area contributed by atoms with E-state index in [-0.39, 0.29) is 37.1 Å². The number of aliphatic hydroxyl groups is 2. The molecule has 2 N–H and O–H groups in total. The number of nitrogens with zero attached hydrogens (tertiary/aromatic N) is 3. The van der Waals surface area contributed by atoms with Crippen LogP contribution in [-0.2, 0) is 14.3 Å². The van der Waals surface area contributed by atoms with E-state index in [1.54, 1.807) is 24.1 Å². The molecule has 0 radical (unpaired) electrons. The number of carbonyl (C=O) groups excluding carboxylic acids is 2. The number of rotatable bonds is 10. The molecule has 2 aliphatic rings. The Morgan fingerprint density at radius 1 is 1.28 bits per heavy atom. The van der Waals surface area contributed by atoms with Crippen molar-refractivity contribution in [2.75, 3.05) is 32.9 Å². The summed E-state index contributed by atoms with van der Waals surface area (Å²) in [6.45, 7) is 11.3. The second kappa shape index (κ2) is 18.3. The third kappa shape index (κ3) is 11.3. The topological polar surface area (TPSA) is 112 Å². The molecule has 3 heterocycles. The van der Waals surface area contributed by atoms with Gasteiger partial charge in [0.2, 0.25) is 0 Å². The number of ether oxygens (including phenoxy) is 2. The van der Waals surface area contributed by atoms with Crippen LogP contribution < -0.4 is 0 Å². The van der Waals surface area contributed by atoms with Gasteiger partial charge in [-0.05, 0) is 75.8 Å². The normalized spacial score (nSPS) is 28.8. The van der Waals surface area contributed by atoms with Crippen LogP contribution in [0.1, 0.15) is 84.6 Å². The number of hydrogen-bond acceptors (Lipinski definition) is 8. The molecule has 1 aromatic rings. The van der Waals surface area contributed by atoms with E-state index in [9.17, 15) is 24.2 Å². The Labute approximate surface area is 274 Å². The molecule has 46 heavy (non-hydrogen) atoms. The van der Waals surface area contributed by atoms with E-state index in [2.05, 4.69) is 23.7 Å². The van der Waals surface area contributed by atoms with Crippen LogP contribution in [0.3, 0.4) is 0 Å². The number of allylic oxidation sites excluding steroid dienone is 3. The fourth-order valence-corrected chi connectivity index (χ4v) is 6.15. The average Bonchev–Trinajstić information content (AvgIpc) is 3.04. The van der Waals surface area contributed by atoms with Gasteiger partial charge < -0.3 is 24.6 Å². The van der Waals surface area contributed by atoms with Crippen LogP contribution in [0.25, 0.3) is 0 Å². The van der Waals surface area contributed by atoms with Gasteiger partial charge in [0.15, 0.2) is 6.10 Å². The summed E-state index contributed by atoms with van der Waals surface area (Å²) in [6, 6.07) is 4.13. The SMILES string of the molecule is CCCN(CCF)C1CCN(C(=O)O[C@H]2/C=C/[C@H](C)[C@@H](/C(C)=C/C=C/C(C)c3cccnc3)OC(=O)C[C@H](O)CC[C@@]2(C)O)CC1. The van der Waals surface area contributed by atoms with E-state index in [1.807, 2.05) is 56.5 Å². The first-order chi connectivity index (χ1) is 21.9. The minimum absolute atomic E-state index is 0.109. The largest absolute Gasteiger partial charge is 0.457 e. The zero-order chi connectivity index (χ0) is 33.7. The van der Waals surface area contributed by atoms with Gasteiger partial charge in [-0.15, -0.1) is 0 Å². The highest BCUT2D eigenvalue weighted by molar-refractivity contribution is 5.70. The molecule has 9 nitrogen and oxygen atoms in total. The summed E-state index contributed by atoms with van der Waals surface area (Å²) in [5.74, 6) is -0.708. The number of carbonyl (C=O) groups is 2. The number of cyclic esters (lactones) is 1. The van der Waals surface area contributed by atoms with Gasteiger partial charge in [-0.1, -0.05) is 51.1 Å². The van der Waals surface area contributed by atoms with E-state index in [0.29, 0.717) is 19.6 Å². The predicted octanol–water partition coefficient (Wildman–Crippen LogP) is 5.74. The van der Waals surface area contributed by atoms with E-state index >= 15 is 0 Å². The molecule has 0 saturated carbocycles. The van der Waals surface area contributed by atoms with Crippen molar-refractivity contribution in [1.82, 2.24) is 14.8 Å². The second-order valence-corrected chi connectivity index (χ2v) is 13.0. The van der Waals surface area contributed by atoms with Gasteiger partial charge in [0, 0.05) is 49.9 Å². The number of hydrogen-bond donors (Lipinski definition) is 2. The Bertz CT molecular complexity index is 1180. The molecular weight excluding hydrogens is 589 g/mol. The van der Waals surface area contributed by atoms with Crippen molar-refractivity contribution in [1.29, 1.82) is 0 Å². The molecule has 3 rings (SSSR count). The summed E-state index contributed by atoms with van der Waals surface area (Å²) in [5.41, 5.74) is 0.401. The minimum Gasteiger partial charge on any atom is -0.457 e. The molecule has 0 bridgehead atoms. The molecule has 0 aromatic carbocycles. The highest BCUT2D eigenvalue weighted by Gasteiger charge is 2.37. The minimum atomic E-state index is -1.49. The van der Waals surface area contributed by atoms with Crippen LogP contribution in [0.15, 0.2) is 60.5 Å². The highest BCUT2D eigenvalue weighted by Crippen LogP contribution is 2.28. The number of pyridine rings is 1. The first kappa shape index (κ1) is 37.4. The lowest BCUT2D eigenvalue weighted by molar-refractivity contribution is -0.151. The van der Waals surface area contributed by atoms with Gasteiger partial charge in [0.1, 0.15) is 18.4 Å². The number of likely N-dealkylation sites (tertiary alicyclic amines) is 1. The Morgan fingerprint density at radius 2 is 2.02 bits per heavy atom. The third-order valence-corrected chi connectivity index (χ3v) is 9.09. The summed E-state index contributed by atoms with van der Waals surface area (Å²) in [5, 5.41) is 22.1. The van der Waals surface area contributed by atoms with Crippen molar-refractivity contribution in [3.8, 4) is 0 Å². The van der Waals surface area contributed by atoms with Crippen LogP contribution in [0.2, 0.25) is 0 Å². The van der Waals surface area contributed by atoms with E-state index in [1.165, 1.54) is 0 Å². The molecule has 1 unspecified atom stereocenters. The van der Waals surface area contributed by atoms with Crippen molar-refractivity contribution >= 4 is 12.1 Å². The van der Waals surface area contributed by atoms with Crippen molar-refractivity contribution in [2.24, 2.45) is 5.92 Å². The maximum Gasteiger partial charge on any atom is 0.410 e. The Morgan fingerprint density at radius 3 is 2.67 bits per heavy atom. The molecule has 1 saturated heterocycles. The van der Waals surface area contributed by atoms with Crippen LogP contribution >= 0.6 is 0 Å². The molecule has 1 amide bonds. The number of piperidine rings is 1. The smallest absolute Gasteiger partial charge is 0.410 e. The molecule has 10 heteroatoms. The van der Waals surface area contributed by atoms with Gasteiger partial charge in [-0.25, -0.2) is 9.18 Å². The van der Waals surface area contributed by atoms with E-state index < -0.39 is 42.7 Å². The van der Waals surface area contributed by atoms with Crippen LogP contribution in [0.5, 0.6) is 0 Å². The summed E-state index contributed by atoms with van der Waals surface area (Å²) < 4.78 is 24.9. The predicted molar refractivity (Wildman–Crippen MR) is 177 cm³/mol. The molecule has 1 aromatic heterocycles. The maximum absolute atomic E-state index is 13.3. The zero-order valence-electron chi connectivity index (χ0n) is 28.2. The summed E-state index contributed by atoms with van der Waals surface area (Å²) in [4.78, 5) is 34.1. The number of alkyl halides is 1. The van der Waals surface area contributed by atoms with Crippen molar-refractivity contribution < 1.29 is 33.7 Å². The number of aliphatic hydroxyl groups excluding tert-OH is 1. The summed E-state index contributed by atoms with van der Waals surface area (Å²) in [6.07, 6.45) is 12.2. The standard InChI is InChI=1S/C36H54FN3O6/c1-6-20-39(23-18-37)30-15-21-40(22-16-30)35(43)45-32-13-12-28(4)34(46-33(42)24-31(41)14-17-36(32,5)44)27(3)10-7-9-26(2)29-11-8-19-38-25-29/h7-13,19,25-26,28,30-32,34,41,44H,6,14-18,20-24H2,1-5H3/b9-7+,13-12+,27-10+/t26?,28-,31+,32-,34+,36+/m0/s1. The van der Waals surface area contributed by atoms with Crippen LogP contribution in [0.4, 0.5) is 9.18 Å². The second-order valence-electron chi connectivity index (χ2n) is 13.0. The first-order valence-corrected chi connectivity index (χ1v) is 16.7. The lowest BCUT2D eigenvalue weighted by atomic mass is 9.88. The van der Waals surface area contributed by atoms with Gasteiger partial charge in [-0.3, -0.25) is 14.7 Å². The van der Waals surface area contributed by atoms with Crippen LogP contribution in [-0.4, -0.2) is 99.9 Å². The van der Waals surface area contributed by atoms with Gasteiger partial charge >= 0.3 is 12.1 Å². The fraction of sp³-hybridized carbons (Fsp3) is 0.639. The summed E-state index contributed by atoms with van der Waals surface area (Å²) >= 11 is 0. The Hall–Kier alpha value is -3.08. The van der Waals surface area contributed by atoms with Gasteiger partial charge in [0.05, 0.1) is 12.5 Å². The van der Waals surface area contributed by atoms with Crippen molar-refractivity contribution in [3.05, 3.63) is 66.0 Å². The third-order valence-electron chi connectivity index (χ3n) is 9.09. The zero-order valence-corrected chi connectivity index (χ0v) is 28.2. The highest BCUT2D eigenvalue weighted by atomic mass is 19.1. The lowest BCUT2D eigenvalue weighted by Gasteiger charge is -2.39. The Balaban J connectivity index is 1.76. The lowest BCUT2D eigenvalue weighted by Crippen LogP contribution is -2.50. The first-order valence-electron chi connectivity index (χ1n) is 16.7. The number of aromatic nitrogens is 1. The van der Waals surface area contributed by atoms with Crippen LogP contribution in [0, 0.1) is 5.92 Å². The maximum atomic E-state index is 13.3.